The van der Waals surface area contributed by atoms with E-state index in [1.165, 1.54) is 6.42 Å². The Morgan fingerprint density at radius 3 is 2.35 bits per heavy atom. The summed E-state index contributed by atoms with van der Waals surface area (Å²) >= 11 is 5.74. The Morgan fingerprint density at radius 1 is 1.29 bits per heavy atom. The minimum atomic E-state index is -3.18. The molecule has 0 radical (unpaired) electrons. The summed E-state index contributed by atoms with van der Waals surface area (Å²) in [7, 11) is -3.18. The summed E-state index contributed by atoms with van der Waals surface area (Å²) in [4.78, 5) is 0. The lowest BCUT2D eigenvalue weighted by Crippen LogP contribution is -2.49. The van der Waals surface area contributed by atoms with E-state index in [0.717, 1.165) is 32.1 Å². The lowest BCUT2D eigenvalue weighted by atomic mass is 9.97. The number of sulfonamides is 1. The van der Waals surface area contributed by atoms with Crippen LogP contribution in [0.1, 0.15) is 58.8 Å². The first-order valence-corrected chi connectivity index (χ1v) is 8.60. The van der Waals surface area contributed by atoms with E-state index >= 15 is 0 Å². The molecule has 0 saturated heterocycles. The second-order valence-electron chi connectivity index (χ2n) is 5.26. The number of alkyl halides is 1. The molecule has 1 unspecified atom stereocenters. The summed E-state index contributed by atoms with van der Waals surface area (Å²) in [5, 5.41) is -0.197. The molecular formula is C12H24ClNO2S. The van der Waals surface area contributed by atoms with Crippen molar-refractivity contribution < 1.29 is 8.42 Å². The van der Waals surface area contributed by atoms with Crippen molar-refractivity contribution in [3.63, 3.8) is 0 Å². The molecule has 1 fully saturated rings. The first-order chi connectivity index (χ1) is 7.93. The van der Waals surface area contributed by atoms with E-state index in [-0.39, 0.29) is 5.25 Å². The normalized spacial score (nSPS) is 22.3. The van der Waals surface area contributed by atoms with Gasteiger partial charge in [0.1, 0.15) is 0 Å². The Balaban J connectivity index is 2.69. The van der Waals surface area contributed by atoms with Crippen LogP contribution in [-0.4, -0.2) is 25.1 Å². The maximum atomic E-state index is 12.3. The highest BCUT2D eigenvalue weighted by molar-refractivity contribution is 7.90. The number of hydrogen-bond donors (Lipinski definition) is 1. The highest BCUT2D eigenvalue weighted by Gasteiger charge is 2.33. The van der Waals surface area contributed by atoms with Gasteiger partial charge in [-0.1, -0.05) is 26.2 Å². The zero-order valence-electron chi connectivity index (χ0n) is 10.8. The maximum absolute atomic E-state index is 12.3. The Labute approximate surface area is 110 Å². The van der Waals surface area contributed by atoms with Gasteiger partial charge in [-0.05, 0) is 32.6 Å². The van der Waals surface area contributed by atoms with E-state index in [2.05, 4.69) is 4.72 Å². The minimum Gasteiger partial charge on any atom is -0.212 e. The zero-order chi connectivity index (χ0) is 12.9. The van der Waals surface area contributed by atoms with Gasteiger partial charge in [-0.2, -0.15) is 0 Å². The second-order valence-corrected chi connectivity index (χ2v) is 7.60. The smallest absolute Gasteiger partial charge is 0.212 e. The van der Waals surface area contributed by atoms with Crippen LogP contribution in [-0.2, 0) is 10.0 Å². The van der Waals surface area contributed by atoms with Crippen molar-refractivity contribution in [2.45, 2.75) is 69.6 Å². The van der Waals surface area contributed by atoms with Crippen LogP contribution < -0.4 is 4.72 Å². The third-order valence-electron chi connectivity index (χ3n) is 3.81. The van der Waals surface area contributed by atoms with Crippen molar-refractivity contribution in [3.8, 4) is 0 Å². The SMILES string of the molecule is CCC(C)(CCCl)NS(=O)(=O)C1CCCCC1. The van der Waals surface area contributed by atoms with Gasteiger partial charge in [-0.3, -0.25) is 0 Å². The fourth-order valence-electron chi connectivity index (χ4n) is 2.31. The third kappa shape index (κ3) is 4.42. The Hall–Kier alpha value is 0.200. The average molecular weight is 282 g/mol. The highest BCUT2D eigenvalue weighted by Crippen LogP contribution is 2.26. The molecule has 0 spiro atoms. The largest absolute Gasteiger partial charge is 0.214 e. The Bertz CT molecular complexity index is 325. The molecule has 0 aromatic heterocycles. The quantitative estimate of drug-likeness (QED) is 0.761. The van der Waals surface area contributed by atoms with E-state index < -0.39 is 15.6 Å². The van der Waals surface area contributed by atoms with Crippen molar-refractivity contribution in [2.24, 2.45) is 0 Å². The molecule has 0 aromatic rings. The minimum absolute atomic E-state index is 0.197. The van der Waals surface area contributed by atoms with Crippen LogP contribution in [0.5, 0.6) is 0 Å². The van der Waals surface area contributed by atoms with E-state index in [4.69, 9.17) is 11.6 Å². The summed E-state index contributed by atoms with van der Waals surface area (Å²) in [6.07, 6.45) is 6.28. The van der Waals surface area contributed by atoms with E-state index in [9.17, 15) is 8.42 Å². The van der Waals surface area contributed by atoms with Crippen LogP contribution >= 0.6 is 11.6 Å². The van der Waals surface area contributed by atoms with Crippen molar-refractivity contribution in [1.29, 1.82) is 0 Å². The van der Waals surface area contributed by atoms with Gasteiger partial charge in [-0.25, -0.2) is 13.1 Å². The van der Waals surface area contributed by atoms with Crippen LogP contribution in [0.3, 0.4) is 0 Å². The predicted molar refractivity (Wildman–Crippen MR) is 73.0 cm³/mol. The fraction of sp³-hybridized carbons (Fsp3) is 1.00. The first kappa shape index (κ1) is 15.3. The summed E-state index contributed by atoms with van der Waals surface area (Å²) in [5.74, 6) is 0.484. The van der Waals surface area contributed by atoms with Crippen molar-refractivity contribution in [3.05, 3.63) is 0 Å². The van der Waals surface area contributed by atoms with Gasteiger partial charge in [-0.15, -0.1) is 11.6 Å². The van der Waals surface area contributed by atoms with Gasteiger partial charge < -0.3 is 0 Å². The van der Waals surface area contributed by atoms with E-state index in [1.807, 2.05) is 13.8 Å². The number of hydrogen-bond acceptors (Lipinski definition) is 2. The van der Waals surface area contributed by atoms with Crippen molar-refractivity contribution in [2.75, 3.05) is 5.88 Å². The van der Waals surface area contributed by atoms with E-state index in [0.29, 0.717) is 12.3 Å². The van der Waals surface area contributed by atoms with Crippen LogP contribution in [0.2, 0.25) is 0 Å². The zero-order valence-corrected chi connectivity index (χ0v) is 12.4. The molecule has 0 aliphatic heterocycles. The molecular weight excluding hydrogens is 258 g/mol. The van der Waals surface area contributed by atoms with Gasteiger partial charge in [0.25, 0.3) is 0 Å². The van der Waals surface area contributed by atoms with Gasteiger partial charge in [0.2, 0.25) is 10.0 Å². The van der Waals surface area contributed by atoms with Crippen LogP contribution in [0, 0.1) is 0 Å². The summed E-state index contributed by atoms with van der Waals surface area (Å²) in [6, 6.07) is 0. The fourth-order valence-corrected chi connectivity index (χ4v) is 4.78. The molecule has 1 aliphatic rings. The van der Waals surface area contributed by atoms with Crippen molar-refractivity contribution >= 4 is 21.6 Å². The van der Waals surface area contributed by atoms with Gasteiger partial charge >= 0.3 is 0 Å². The molecule has 3 nitrogen and oxygen atoms in total. The van der Waals surface area contributed by atoms with Crippen LogP contribution in [0.15, 0.2) is 0 Å². The van der Waals surface area contributed by atoms with Gasteiger partial charge in [0, 0.05) is 11.4 Å². The lowest BCUT2D eigenvalue weighted by molar-refractivity contribution is 0.381. The molecule has 102 valence electrons. The lowest BCUT2D eigenvalue weighted by Gasteiger charge is -2.32. The molecule has 1 aliphatic carbocycles. The molecule has 5 heteroatoms. The summed E-state index contributed by atoms with van der Waals surface area (Å²) in [6.45, 7) is 3.94. The Morgan fingerprint density at radius 2 is 1.88 bits per heavy atom. The number of halogens is 1. The first-order valence-electron chi connectivity index (χ1n) is 6.52. The molecule has 0 amide bonds. The van der Waals surface area contributed by atoms with E-state index in [1.54, 1.807) is 0 Å². The molecule has 1 saturated carbocycles. The molecule has 0 aromatic carbocycles. The van der Waals surface area contributed by atoms with Gasteiger partial charge in [0.05, 0.1) is 5.25 Å². The molecule has 1 atom stereocenters. The molecule has 0 heterocycles. The van der Waals surface area contributed by atoms with Crippen LogP contribution in [0.4, 0.5) is 0 Å². The number of nitrogens with one attached hydrogen (secondary N) is 1. The maximum Gasteiger partial charge on any atom is 0.214 e. The molecule has 0 bridgehead atoms. The summed E-state index contributed by atoms with van der Waals surface area (Å²) in [5.41, 5.74) is -0.391. The molecule has 17 heavy (non-hydrogen) atoms. The van der Waals surface area contributed by atoms with Crippen LogP contribution in [0.25, 0.3) is 0 Å². The Kier molecular flexibility index (Phi) is 5.74. The van der Waals surface area contributed by atoms with Gasteiger partial charge in [0.15, 0.2) is 0 Å². The predicted octanol–water partition coefficient (Wildman–Crippen LogP) is 3.04. The topological polar surface area (TPSA) is 46.2 Å². The monoisotopic (exact) mass is 281 g/mol. The summed E-state index contributed by atoms with van der Waals surface area (Å²) < 4.78 is 27.4. The second kappa shape index (κ2) is 6.39. The molecule has 1 N–H and O–H groups in total. The highest BCUT2D eigenvalue weighted by atomic mass is 35.5. The third-order valence-corrected chi connectivity index (χ3v) is 6.12. The molecule has 1 rings (SSSR count). The standard InChI is InChI=1S/C12H24ClNO2S/c1-3-12(2,9-10-13)14-17(15,16)11-7-5-4-6-8-11/h11,14H,3-10H2,1-2H3. The van der Waals surface area contributed by atoms with Crippen molar-refractivity contribution in [1.82, 2.24) is 4.72 Å². The average Bonchev–Trinajstić information content (AvgIpc) is 2.30. The number of rotatable bonds is 6.